The molecule has 0 aromatic heterocycles. The zero-order valence-corrected chi connectivity index (χ0v) is 18.1. The second-order valence-electron chi connectivity index (χ2n) is 6.10. The number of amides is 2. The second kappa shape index (κ2) is 12.4. The van der Waals surface area contributed by atoms with Crippen LogP contribution in [0.5, 0.6) is 5.75 Å². The van der Waals surface area contributed by atoms with E-state index in [1.54, 1.807) is 25.1 Å². The second-order valence-corrected chi connectivity index (χ2v) is 7.01. The Bertz CT molecular complexity index is 897. The van der Waals surface area contributed by atoms with Gasteiger partial charge in [-0.3, -0.25) is 9.59 Å². The number of halogens is 1. The summed E-state index contributed by atoms with van der Waals surface area (Å²) >= 11 is 3.38. The minimum Gasteiger partial charge on any atom is -0.434 e. The van der Waals surface area contributed by atoms with Crippen molar-refractivity contribution in [3.8, 4) is 5.75 Å². The van der Waals surface area contributed by atoms with E-state index in [1.165, 1.54) is 18.2 Å². The fourth-order valence-electron chi connectivity index (χ4n) is 2.36. The first-order valence-corrected chi connectivity index (χ1v) is 10.2. The SMILES string of the molecule is CCOC(=O)Oc1ccc(C(=O)NCCCNC(=O)/C=C/c2cccc(Br)c2)cc1. The van der Waals surface area contributed by atoms with Crippen molar-refractivity contribution in [2.75, 3.05) is 19.7 Å². The highest BCUT2D eigenvalue weighted by molar-refractivity contribution is 9.10. The Morgan fingerprint density at radius 3 is 2.47 bits per heavy atom. The third-order valence-corrected chi connectivity index (χ3v) is 4.29. The van der Waals surface area contributed by atoms with Crippen LogP contribution in [-0.4, -0.2) is 37.7 Å². The molecule has 0 aliphatic carbocycles. The van der Waals surface area contributed by atoms with E-state index in [0.29, 0.717) is 30.8 Å². The van der Waals surface area contributed by atoms with Crippen molar-refractivity contribution in [1.29, 1.82) is 0 Å². The first kappa shape index (κ1) is 23.2. The largest absolute Gasteiger partial charge is 0.513 e. The summed E-state index contributed by atoms with van der Waals surface area (Å²) in [5.41, 5.74) is 1.36. The Labute approximate surface area is 183 Å². The highest BCUT2D eigenvalue weighted by Gasteiger charge is 2.08. The van der Waals surface area contributed by atoms with Gasteiger partial charge in [0.15, 0.2) is 0 Å². The summed E-state index contributed by atoms with van der Waals surface area (Å²) in [5.74, 6) is -0.152. The lowest BCUT2D eigenvalue weighted by atomic mass is 10.2. The molecule has 0 atom stereocenters. The summed E-state index contributed by atoms with van der Waals surface area (Å²) in [7, 11) is 0. The lowest BCUT2D eigenvalue weighted by Gasteiger charge is -2.07. The lowest BCUT2D eigenvalue weighted by molar-refractivity contribution is -0.116. The van der Waals surface area contributed by atoms with Crippen LogP contribution in [0.3, 0.4) is 0 Å². The van der Waals surface area contributed by atoms with Crippen LogP contribution in [0, 0.1) is 0 Å². The number of hydrogen-bond donors (Lipinski definition) is 2. The molecule has 0 saturated heterocycles. The fourth-order valence-corrected chi connectivity index (χ4v) is 2.78. The van der Waals surface area contributed by atoms with Gasteiger partial charge in [0.25, 0.3) is 5.91 Å². The molecule has 30 heavy (non-hydrogen) atoms. The third kappa shape index (κ3) is 8.48. The molecular weight excluding hydrogens is 452 g/mol. The van der Waals surface area contributed by atoms with Crippen molar-refractivity contribution in [3.05, 3.63) is 70.2 Å². The van der Waals surface area contributed by atoms with E-state index in [2.05, 4.69) is 31.3 Å². The van der Waals surface area contributed by atoms with Crippen LogP contribution < -0.4 is 15.4 Å². The molecule has 2 rings (SSSR count). The van der Waals surface area contributed by atoms with E-state index < -0.39 is 6.16 Å². The van der Waals surface area contributed by atoms with E-state index in [0.717, 1.165) is 10.0 Å². The van der Waals surface area contributed by atoms with Crippen molar-refractivity contribution < 1.29 is 23.9 Å². The Hall–Kier alpha value is -3.13. The van der Waals surface area contributed by atoms with E-state index in [4.69, 9.17) is 4.74 Å². The summed E-state index contributed by atoms with van der Waals surface area (Å²) in [6.45, 7) is 2.76. The molecule has 2 aromatic rings. The van der Waals surface area contributed by atoms with E-state index in [9.17, 15) is 14.4 Å². The molecule has 0 radical (unpaired) electrons. The molecule has 0 bridgehead atoms. The van der Waals surface area contributed by atoms with Crippen LogP contribution in [0.4, 0.5) is 4.79 Å². The van der Waals surface area contributed by atoms with Crippen molar-refractivity contribution in [2.45, 2.75) is 13.3 Å². The Morgan fingerprint density at radius 1 is 1.03 bits per heavy atom. The maximum Gasteiger partial charge on any atom is 0.513 e. The van der Waals surface area contributed by atoms with Gasteiger partial charge in [-0.1, -0.05) is 28.1 Å². The molecule has 0 unspecified atom stereocenters. The third-order valence-electron chi connectivity index (χ3n) is 3.79. The molecular formula is C22H23BrN2O5. The summed E-state index contributed by atoms with van der Waals surface area (Å²) < 4.78 is 10.6. The number of hydrogen-bond acceptors (Lipinski definition) is 5. The predicted molar refractivity (Wildman–Crippen MR) is 117 cm³/mol. The van der Waals surface area contributed by atoms with Gasteiger partial charge in [0, 0.05) is 29.2 Å². The van der Waals surface area contributed by atoms with Crippen molar-refractivity contribution in [3.63, 3.8) is 0 Å². The fraction of sp³-hybridized carbons (Fsp3) is 0.227. The molecule has 7 nitrogen and oxygen atoms in total. The van der Waals surface area contributed by atoms with Gasteiger partial charge >= 0.3 is 6.16 Å². The van der Waals surface area contributed by atoms with E-state index in [-0.39, 0.29) is 18.4 Å². The van der Waals surface area contributed by atoms with Crippen molar-refractivity contribution in [2.24, 2.45) is 0 Å². The maximum absolute atomic E-state index is 12.1. The van der Waals surface area contributed by atoms with Crippen LogP contribution in [-0.2, 0) is 9.53 Å². The number of benzene rings is 2. The highest BCUT2D eigenvalue weighted by atomic mass is 79.9. The predicted octanol–water partition coefficient (Wildman–Crippen LogP) is 3.93. The van der Waals surface area contributed by atoms with Crippen LogP contribution >= 0.6 is 15.9 Å². The normalized spacial score (nSPS) is 10.5. The summed E-state index contributed by atoms with van der Waals surface area (Å²) in [5, 5.41) is 5.54. The summed E-state index contributed by atoms with van der Waals surface area (Å²) in [6, 6.07) is 13.8. The lowest BCUT2D eigenvalue weighted by Crippen LogP contribution is -2.29. The Morgan fingerprint density at radius 2 is 1.77 bits per heavy atom. The van der Waals surface area contributed by atoms with Crippen LogP contribution in [0.15, 0.2) is 59.1 Å². The molecule has 0 aliphatic heterocycles. The molecule has 158 valence electrons. The molecule has 8 heteroatoms. The number of rotatable bonds is 9. The zero-order chi connectivity index (χ0) is 21.8. The molecule has 0 saturated carbocycles. The first-order valence-electron chi connectivity index (χ1n) is 9.42. The quantitative estimate of drug-likeness (QED) is 0.248. The number of carbonyl (C=O) groups excluding carboxylic acids is 3. The monoisotopic (exact) mass is 474 g/mol. The van der Waals surface area contributed by atoms with Gasteiger partial charge in [-0.05, 0) is 61.4 Å². The highest BCUT2D eigenvalue weighted by Crippen LogP contribution is 2.13. The zero-order valence-electron chi connectivity index (χ0n) is 16.5. The van der Waals surface area contributed by atoms with Crippen LogP contribution in [0.25, 0.3) is 6.08 Å². The topological polar surface area (TPSA) is 93.7 Å². The van der Waals surface area contributed by atoms with Crippen molar-refractivity contribution in [1.82, 2.24) is 10.6 Å². The van der Waals surface area contributed by atoms with E-state index in [1.807, 2.05) is 24.3 Å². The van der Waals surface area contributed by atoms with Crippen LogP contribution in [0.1, 0.15) is 29.3 Å². The Balaban J connectivity index is 1.65. The van der Waals surface area contributed by atoms with Crippen molar-refractivity contribution >= 4 is 40.0 Å². The van der Waals surface area contributed by atoms with Gasteiger partial charge < -0.3 is 20.1 Å². The van der Waals surface area contributed by atoms with Gasteiger partial charge in [-0.2, -0.15) is 0 Å². The average molecular weight is 475 g/mol. The van der Waals surface area contributed by atoms with Gasteiger partial charge in [-0.15, -0.1) is 0 Å². The molecule has 0 aliphatic rings. The minimum absolute atomic E-state index is 0.196. The van der Waals surface area contributed by atoms with E-state index >= 15 is 0 Å². The standard InChI is InChI=1S/C22H23BrN2O5/c1-2-29-22(28)30-19-10-8-17(9-11-19)21(27)25-14-4-13-24-20(26)12-7-16-5-3-6-18(23)15-16/h3,5-12,15H,2,4,13-14H2,1H3,(H,24,26)(H,25,27)/b12-7+. The average Bonchev–Trinajstić information content (AvgIpc) is 2.72. The number of carbonyl (C=O) groups is 3. The van der Waals surface area contributed by atoms with Gasteiger partial charge in [0.05, 0.1) is 6.61 Å². The van der Waals surface area contributed by atoms with Crippen LogP contribution in [0.2, 0.25) is 0 Å². The summed E-state index contributed by atoms with van der Waals surface area (Å²) in [6.07, 6.45) is 3.01. The molecule has 2 N–H and O–H groups in total. The van der Waals surface area contributed by atoms with Gasteiger partial charge in [-0.25, -0.2) is 4.79 Å². The molecule has 2 amide bonds. The van der Waals surface area contributed by atoms with Gasteiger partial charge in [0.1, 0.15) is 5.75 Å². The number of nitrogens with one attached hydrogen (secondary N) is 2. The molecule has 2 aromatic carbocycles. The minimum atomic E-state index is -0.789. The number of ether oxygens (including phenoxy) is 2. The smallest absolute Gasteiger partial charge is 0.434 e. The molecule has 0 spiro atoms. The molecule has 0 heterocycles. The Kier molecular flexibility index (Phi) is 9.60. The first-order chi connectivity index (χ1) is 14.5. The summed E-state index contributed by atoms with van der Waals surface area (Å²) in [4.78, 5) is 35.2. The van der Waals surface area contributed by atoms with Gasteiger partial charge in [0.2, 0.25) is 5.91 Å². The molecule has 0 fully saturated rings. The maximum atomic E-state index is 12.1.